The molecule has 0 spiro atoms. The summed E-state index contributed by atoms with van der Waals surface area (Å²) in [6, 6.07) is 16.6. The van der Waals surface area contributed by atoms with Crippen LogP contribution in [0.25, 0.3) is 20.4 Å². The molecule has 22 heavy (non-hydrogen) atoms. The van der Waals surface area contributed by atoms with Crippen LogP contribution in [0.3, 0.4) is 0 Å². The molecule has 6 heteroatoms. The zero-order valence-corrected chi connectivity index (χ0v) is 13.9. The molecule has 2 aromatic heterocycles. The first kappa shape index (κ1) is 13.5. The molecule has 0 atom stereocenters. The molecule has 2 heterocycles. The van der Waals surface area contributed by atoms with Crippen molar-refractivity contribution >= 4 is 43.1 Å². The van der Waals surface area contributed by atoms with Gasteiger partial charge in [-0.05, 0) is 24.3 Å². The summed E-state index contributed by atoms with van der Waals surface area (Å²) in [6.45, 7) is 0. The van der Waals surface area contributed by atoms with E-state index in [1.54, 1.807) is 22.7 Å². The molecule has 0 saturated carbocycles. The van der Waals surface area contributed by atoms with Gasteiger partial charge in [0.2, 0.25) is 9.60 Å². The molecule has 0 radical (unpaired) electrons. The second kappa shape index (κ2) is 5.23. The molecule has 4 rings (SSSR count). The number of thiazole rings is 2. The van der Waals surface area contributed by atoms with Crippen molar-refractivity contribution in [2.45, 2.75) is 0 Å². The number of rotatable bonds is 1. The van der Waals surface area contributed by atoms with E-state index < -0.39 is 0 Å². The van der Waals surface area contributed by atoms with Gasteiger partial charge in [0.05, 0.1) is 20.4 Å². The van der Waals surface area contributed by atoms with Crippen molar-refractivity contribution in [2.24, 2.45) is 24.3 Å². The summed E-state index contributed by atoms with van der Waals surface area (Å²) in [5, 5.41) is 8.93. The van der Waals surface area contributed by atoms with Crippen LogP contribution >= 0.6 is 22.7 Å². The molecular weight excluding hydrogens is 312 g/mol. The molecule has 0 saturated heterocycles. The van der Waals surface area contributed by atoms with Gasteiger partial charge in [0, 0.05) is 14.1 Å². The average molecular weight is 326 g/mol. The van der Waals surface area contributed by atoms with E-state index in [-0.39, 0.29) is 0 Å². The smallest absolute Gasteiger partial charge is 0.211 e. The highest BCUT2D eigenvalue weighted by Gasteiger charge is 2.02. The first-order valence-electron chi connectivity index (χ1n) is 6.91. The minimum Gasteiger partial charge on any atom is -0.318 e. The summed E-state index contributed by atoms with van der Waals surface area (Å²) < 4.78 is 6.60. The van der Waals surface area contributed by atoms with E-state index in [0.29, 0.717) is 0 Å². The Kier molecular flexibility index (Phi) is 3.20. The molecule has 0 unspecified atom stereocenters. The number of hydrogen-bond donors (Lipinski definition) is 0. The lowest BCUT2D eigenvalue weighted by Crippen LogP contribution is -2.12. The maximum Gasteiger partial charge on any atom is 0.211 e. The van der Waals surface area contributed by atoms with Crippen LogP contribution in [-0.2, 0) is 14.1 Å². The van der Waals surface area contributed by atoms with Crippen LogP contribution in [0.1, 0.15) is 0 Å². The van der Waals surface area contributed by atoms with Crippen LogP contribution in [-0.4, -0.2) is 9.13 Å². The maximum atomic E-state index is 4.47. The zero-order chi connectivity index (χ0) is 15.1. The summed E-state index contributed by atoms with van der Waals surface area (Å²) in [7, 11) is 4.05. The fraction of sp³-hybridized carbons (Fsp3) is 0.125. The third-order valence-electron chi connectivity index (χ3n) is 3.65. The van der Waals surface area contributed by atoms with Crippen molar-refractivity contribution in [3.05, 3.63) is 58.1 Å². The molecule has 0 bridgehead atoms. The number of aryl methyl sites for hydroxylation is 2. The third-order valence-corrected chi connectivity index (χ3v) is 5.86. The Morgan fingerprint density at radius 3 is 1.50 bits per heavy atom. The Balaban J connectivity index is 1.94. The average Bonchev–Trinajstić information content (AvgIpc) is 3.04. The fourth-order valence-corrected chi connectivity index (χ4v) is 4.38. The Hall–Kier alpha value is -2.18. The second-order valence-electron chi connectivity index (χ2n) is 5.02. The van der Waals surface area contributed by atoms with Crippen LogP contribution < -0.4 is 9.60 Å². The quantitative estimate of drug-likeness (QED) is 0.482. The van der Waals surface area contributed by atoms with E-state index >= 15 is 0 Å². The molecule has 2 aromatic carbocycles. The molecule has 110 valence electrons. The fourth-order valence-electron chi connectivity index (χ4n) is 2.44. The van der Waals surface area contributed by atoms with Crippen LogP contribution in [0.5, 0.6) is 0 Å². The number of hydrogen-bond acceptors (Lipinski definition) is 4. The van der Waals surface area contributed by atoms with Gasteiger partial charge in [-0.15, -0.1) is 10.2 Å². The molecule has 0 aliphatic rings. The predicted octanol–water partition coefficient (Wildman–Crippen LogP) is 3.21. The molecule has 4 aromatic rings. The van der Waals surface area contributed by atoms with Crippen LogP contribution in [0.15, 0.2) is 58.7 Å². The molecule has 0 fully saturated rings. The normalized spacial score (nSPS) is 13.5. The summed E-state index contributed by atoms with van der Waals surface area (Å²) >= 11 is 3.31. The molecular formula is C16H14N4S2. The first-order chi connectivity index (χ1) is 10.7. The summed E-state index contributed by atoms with van der Waals surface area (Å²) in [5.74, 6) is 0. The number of fused-ring (bicyclic) bond motifs is 2. The molecule has 0 N–H and O–H groups in total. The lowest BCUT2D eigenvalue weighted by Gasteiger charge is -1.93. The highest BCUT2D eigenvalue weighted by molar-refractivity contribution is 7.16. The van der Waals surface area contributed by atoms with Crippen molar-refractivity contribution in [3.63, 3.8) is 0 Å². The van der Waals surface area contributed by atoms with Crippen molar-refractivity contribution in [2.75, 3.05) is 0 Å². The highest BCUT2D eigenvalue weighted by atomic mass is 32.1. The highest BCUT2D eigenvalue weighted by Crippen LogP contribution is 2.16. The molecule has 0 aliphatic heterocycles. The molecule has 0 aliphatic carbocycles. The van der Waals surface area contributed by atoms with E-state index in [4.69, 9.17) is 0 Å². The first-order valence-corrected chi connectivity index (χ1v) is 8.54. The Morgan fingerprint density at radius 1 is 0.682 bits per heavy atom. The van der Waals surface area contributed by atoms with E-state index in [1.807, 2.05) is 38.4 Å². The molecule has 4 nitrogen and oxygen atoms in total. The van der Waals surface area contributed by atoms with Gasteiger partial charge in [-0.2, -0.15) is 0 Å². The lowest BCUT2D eigenvalue weighted by atomic mass is 10.3. The van der Waals surface area contributed by atoms with E-state index in [0.717, 1.165) is 9.60 Å². The van der Waals surface area contributed by atoms with Crippen LogP contribution in [0.4, 0.5) is 0 Å². The SMILES string of the molecule is Cn1/c(=N/N=c2/sc3ccccc3n2C)sc2ccccc21. The summed E-state index contributed by atoms with van der Waals surface area (Å²) in [6.07, 6.45) is 0. The van der Waals surface area contributed by atoms with Gasteiger partial charge in [-0.25, -0.2) is 0 Å². The monoisotopic (exact) mass is 326 g/mol. The van der Waals surface area contributed by atoms with Gasteiger partial charge in [-0.1, -0.05) is 46.9 Å². The number of nitrogens with zero attached hydrogens (tertiary/aromatic N) is 4. The van der Waals surface area contributed by atoms with Crippen molar-refractivity contribution < 1.29 is 0 Å². The van der Waals surface area contributed by atoms with E-state index in [9.17, 15) is 0 Å². The second-order valence-corrected chi connectivity index (χ2v) is 7.04. The zero-order valence-electron chi connectivity index (χ0n) is 12.2. The molecule has 0 amide bonds. The van der Waals surface area contributed by atoms with Gasteiger partial charge >= 0.3 is 0 Å². The maximum absolute atomic E-state index is 4.47. The Labute approximate surface area is 134 Å². The number of aromatic nitrogens is 2. The summed E-state index contributed by atoms with van der Waals surface area (Å²) in [5.41, 5.74) is 2.37. The van der Waals surface area contributed by atoms with Crippen LogP contribution in [0.2, 0.25) is 0 Å². The largest absolute Gasteiger partial charge is 0.318 e. The standard InChI is InChI=1S/C16H14N4S2/c1-19-11-7-3-5-9-13(11)21-15(19)17-18-16-20(2)12-8-4-6-10-14(12)22-16/h3-10H,1-2H3/b17-15-,18-16+. The lowest BCUT2D eigenvalue weighted by molar-refractivity contribution is 0.845. The minimum atomic E-state index is 0.902. The van der Waals surface area contributed by atoms with Gasteiger partial charge in [-0.3, -0.25) is 0 Å². The number of para-hydroxylation sites is 2. The van der Waals surface area contributed by atoms with Gasteiger partial charge in [0.15, 0.2) is 0 Å². The Morgan fingerprint density at radius 2 is 1.09 bits per heavy atom. The topological polar surface area (TPSA) is 34.6 Å². The third kappa shape index (κ3) is 2.12. The van der Waals surface area contributed by atoms with E-state index in [1.165, 1.54) is 20.4 Å². The van der Waals surface area contributed by atoms with E-state index in [2.05, 4.69) is 43.6 Å². The van der Waals surface area contributed by atoms with Crippen molar-refractivity contribution in [1.29, 1.82) is 0 Å². The van der Waals surface area contributed by atoms with Gasteiger partial charge in [0.25, 0.3) is 0 Å². The number of benzene rings is 2. The summed E-state index contributed by atoms with van der Waals surface area (Å²) in [4.78, 5) is 1.80. The Bertz CT molecular complexity index is 1020. The minimum absolute atomic E-state index is 0.902. The predicted molar refractivity (Wildman–Crippen MR) is 92.7 cm³/mol. The van der Waals surface area contributed by atoms with Crippen LogP contribution in [0, 0.1) is 0 Å². The van der Waals surface area contributed by atoms with Gasteiger partial charge in [0.1, 0.15) is 0 Å². The van der Waals surface area contributed by atoms with Crippen molar-refractivity contribution in [3.8, 4) is 0 Å². The van der Waals surface area contributed by atoms with Gasteiger partial charge < -0.3 is 9.13 Å². The van der Waals surface area contributed by atoms with Crippen molar-refractivity contribution in [1.82, 2.24) is 9.13 Å².